The SMILES string of the molecule is O=C(C1CCN(c2ccncc2)CC1)N1CCC(=CNS(=O)(=O)CCc2ccc(Cl)s2)C1. The zero-order valence-corrected chi connectivity index (χ0v) is 20.1. The van der Waals surface area contributed by atoms with E-state index in [0.29, 0.717) is 30.3 Å². The standard InChI is InChI=1S/C22H27ClN4O3S2/c23-21-2-1-20(31-21)8-14-32(29,30)25-15-17-5-11-27(16-17)22(28)18-6-12-26(13-7-18)19-3-9-24-10-4-19/h1-4,9-10,15,18,25H,5-8,11-14,16H2. The van der Waals surface area contributed by atoms with Crippen molar-refractivity contribution in [2.75, 3.05) is 36.8 Å². The van der Waals surface area contributed by atoms with E-state index in [9.17, 15) is 13.2 Å². The third-order valence-corrected chi connectivity index (χ3v) is 8.48. The molecule has 2 fully saturated rings. The second-order valence-corrected chi connectivity index (χ2v) is 11.8. The number of aromatic nitrogens is 1. The van der Waals surface area contributed by atoms with E-state index >= 15 is 0 Å². The number of thiophene rings is 1. The Kier molecular flexibility index (Phi) is 7.37. The molecule has 4 rings (SSSR count). The summed E-state index contributed by atoms with van der Waals surface area (Å²) in [7, 11) is -3.42. The van der Waals surface area contributed by atoms with Gasteiger partial charge in [0, 0.05) is 61.3 Å². The van der Waals surface area contributed by atoms with Crippen molar-refractivity contribution in [1.82, 2.24) is 14.6 Å². The van der Waals surface area contributed by atoms with Gasteiger partial charge in [0.25, 0.3) is 0 Å². The molecular formula is C22H27ClN4O3S2. The number of aryl methyl sites for hydroxylation is 1. The number of nitrogens with zero attached hydrogens (tertiary/aromatic N) is 3. The Labute approximate surface area is 198 Å². The minimum absolute atomic E-state index is 0.00627. The molecule has 2 aliphatic heterocycles. The lowest BCUT2D eigenvalue weighted by Crippen LogP contribution is -2.41. The third-order valence-electron chi connectivity index (χ3n) is 5.97. The molecule has 0 aromatic carbocycles. The van der Waals surface area contributed by atoms with Crippen LogP contribution in [0.5, 0.6) is 0 Å². The number of rotatable bonds is 7. The Bertz CT molecular complexity index is 1060. The van der Waals surface area contributed by atoms with Gasteiger partial charge in [0.15, 0.2) is 0 Å². The number of piperidine rings is 1. The maximum atomic E-state index is 13.0. The number of likely N-dealkylation sites (tertiary alicyclic amines) is 1. The maximum Gasteiger partial charge on any atom is 0.232 e. The van der Waals surface area contributed by atoms with Crippen LogP contribution >= 0.6 is 22.9 Å². The van der Waals surface area contributed by atoms with Crippen molar-refractivity contribution in [3.63, 3.8) is 0 Å². The van der Waals surface area contributed by atoms with Crippen LogP contribution in [-0.4, -0.2) is 56.1 Å². The van der Waals surface area contributed by atoms with Gasteiger partial charge in [0.1, 0.15) is 0 Å². The van der Waals surface area contributed by atoms with Crippen LogP contribution in [0.1, 0.15) is 24.1 Å². The summed E-state index contributed by atoms with van der Waals surface area (Å²) in [5.41, 5.74) is 2.09. The van der Waals surface area contributed by atoms with Crippen molar-refractivity contribution in [3.05, 3.63) is 57.6 Å². The van der Waals surface area contributed by atoms with E-state index in [1.165, 1.54) is 11.3 Å². The van der Waals surface area contributed by atoms with Crippen LogP contribution in [0.25, 0.3) is 0 Å². The van der Waals surface area contributed by atoms with Crippen LogP contribution in [-0.2, 0) is 21.2 Å². The van der Waals surface area contributed by atoms with E-state index in [1.807, 2.05) is 23.1 Å². The first kappa shape index (κ1) is 23.1. The molecule has 2 aromatic rings. The highest BCUT2D eigenvalue weighted by molar-refractivity contribution is 7.89. The fourth-order valence-electron chi connectivity index (χ4n) is 4.14. The van der Waals surface area contributed by atoms with Gasteiger partial charge < -0.3 is 9.80 Å². The molecule has 2 saturated heterocycles. The summed E-state index contributed by atoms with van der Waals surface area (Å²) in [6.45, 7) is 2.84. The zero-order chi connectivity index (χ0) is 22.6. The molecule has 0 radical (unpaired) electrons. The second-order valence-electron chi connectivity index (χ2n) is 8.17. The highest BCUT2D eigenvalue weighted by Crippen LogP contribution is 2.26. The smallest absolute Gasteiger partial charge is 0.232 e. The molecule has 172 valence electrons. The molecular weight excluding hydrogens is 468 g/mol. The lowest BCUT2D eigenvalue weighted by molar-refractivity contribution is -0.134. The molecule has 0 atom stereocenters. The van der Waals surface area contributed by atoms with Gasteiger partial charge in [0.05, 0.1) is 10.1 Å². The topological polar surface area (TPSA) is 82.6 Å². The Morgan fingerprint density at radius 3 is 2.62 bits per heavy atom. The predicted molar refractivity (Wildman–Crippen MR) is 128 cm³/mol. The average molecular weight is 495 g/mol. The molecule has 10 heteroatoms. The largest absolute Gasteiger partial charge is 0.371 e. The van der Waals surface area contributed by atoms with Crippen LogP contribution in [0.3, 0.4) is 0 Å². The normalized spacial score (nSPS) is 19.0. The molecule has 1 N–H and O–H groups in total. The van der Waals surface area contributed by atoms with Gasteiger partial charge in [-0.2, -0.15) is 0 Å². The van der Waals surface area contributed by atoms with Gasteiger partial charge in [-0.25, -0.2) is 8.42 Å². The summed E-state index contributed by atoms with van der Waals surface area (Å²) in [6, 6.07) is 7.62. The summed E-state index contributed by atoms with van der Waals surface area (Å²) in [4.78, 5) is 22.1. The Hall–Kier alpha value is -2.10. The Morgan fingerprint density at radius 1 is 1.19 bits per heavy atom. The van der Waals surface area contributed by atoms with Crippen LogP contribution in [0.2, 0.25) is 4.34 Å². The number of sulfonamides is 1. The fourth-order valence-corrected chi connectivity index (χ4v) is 6.31. The van der Waals surface area contributed by atoms with Gasteiger partial charge in [-0.3, -0.25) is 14.5 Å². The summed E-state index contributed by atoms with van der Waals surface area (Å²) < 4.78 is 27.8. The molecule has 0 bridgehead atoms. The fraction of sp³-hybridized carbons (Fsp3) is 0.455. The molecule has 2 aliphatic rings. The first-order valence-electron chi connectivity index (χ1n) is 10.8. The van der Waals surface area contributed by atoms with E-state index in [2.05, 4.69) is 14.6 Å². The predicted octanol–water partition coefficient (Wildman–Crippen LogP) is 3.29. The van der Waals surface area contributed by atoms with Gasteiger partial charge in [0.2, 0.25) is 15.9 Å². The van der Waals surface area contributed by atoms with Crippen molar-refractivity contribution in [3.8, 4) is 0 Å². The molecule has 0 saturated carbocycles. The second kappa shape index (κ2) is 10.2. The Morgan fingerprint density at radius 2 is 1.94 bits per heavy atom. The number of anilines is 1. The first-order chi connectivity index (χ1) is 15.4. The quantitative estimate of drug-likeness (QED) is 0.638. The number of carbonyl (C=O) groups excluding carboxylic acids is 1. The monoisotopic (exact) mass is 494 g/mol. The molecule has 0 unspecified atom stereocenters. The van der Waals surface area contributed by atoms with Crippen LogP contribution < -0.4 is 9.62 Å². The third kappa shape index (κ3) is 6.02. The van der Waals surface area contributed by atoms with Crippen LogP contribution in [0.15, 0.2) is 48.4 Å². The van der Waals surface area contributed by atoms with E-state index in [0.717, 1.165) is 42.1 Å². The number of amides is 1. The van der Waals surface area contributed by atoms with E-state index in [-0.39, 0.29) is 17.6 Å². The summed E-state index contributed by atoms with van der Waals surface area (Å²) in [6.07, 6.45) is 7.93. The average Bonchev–Trinajstić information content (AvgIpc) is 3.46. The molecule has 32 heavy (non-hydrogen) atoms. The minimum Gasteiger partial charge on any atom is -0.371 e. The Balaban J connectivity index is 1.24. The zero-order valence-electron chi connectivity index (χ0n) is 17.7. The molecule has 0 spiro atoms. The summed E-state index contributed by atoms with van der Waals surface area (Å²) >= 11 is 7.29. The number of pyridine rings is 1. The first-order valence-corrected chi connectivity index (χ1v) is 13.6. The van der Waals surface area contributed by atoms with Gasteiger partial charge in [-0.1, -0.05) is 11.6 Å². The van der Waals surface area contributed by atoms with Gasteiger partial charge >= 0.3 is 0 Å². The lowest BCUT2D eigenvalue weighted by Gasteiger charge is -2.34. The number of nitrogens with one attached hydrogen (secondary N) is 1. The number of hydrogen-bond donors (Lipinski definition) is 1. The van der Waals surface area contributed by atoms with Crippen molar-refractivity contribution >= 4 is 44.6 Å². The molecule has 2 aromatic heterocycles. The summed E-state index contributed by atoms with van der Waals surface area (Å²) in [5, 5.41) is 0. The van der Waals surface area contributed by atoms with Crippen molar-refractivity contribution in [2.45, 2.75) is 25.7 Å². The van der Waals surface area contributed by atoms with E-state index < -0.39 is 10.0 Å². The van der Waals surface area contributed by atoms with Crippen molar-refractivity contribution in [1.29, 1.82) is 0 Å². The lowest BCUT2D eigenvalue weighted by atomic mass is 9.95. The van der Waals surface area contributed by atoms with E-state index in [1.54, 1.807) is 24.7 Å². The molecule has 0 aliphatic carbocycles. The van der Waals surface area contributed by atoms with Crippen LogP contribution in [0, 0.1) is 5.92 Å². The molecule has 1 amide bonds. The van der Waals surface area contributed by atoms with Crippen molar-refractivity contribution < 1.29 is 13.2 Å². The van der Waals surface area contributed by atoms with E-state index in [4.69, 9.17) is 11.6 Å². The molecule has 7 nitrogen and oxygen atoms in total. The van der Waals surface area contributed by atoms with Crippen molar-refractivity contribution in [2.24, 2.45) is 5.92 Å². The highest BCUT2D eigenvalue weighted by atomic mass is 35.5. The number of hydrogen-bond acceptors (Lipinski definition) is 6. The molecule has 4 heterocycles. The van der Waals surface area contributed by atoms with Gasteiger partial charge in [-0.05, 0) is 55.5 Å². The number of halogens is 1. The summed E-state index contributed by atoms with van der Waals surface area (Å²) in [5.74, 6) is 0.216. The highest BCUT2D eigenvalue weighted by Gasteiger charge is 2.31. The number of carbonyl (C=O) groups is 1. The minimum atomic E-state index is -3.42. The van der Waals surface area contributed by atoms with Crippen LogP contribution in [0.4, 0.5) is 5.69 Å². The van der Waals surface area contributed by atoms with Gasteiger partial charge in [-0.15, -0.1) is 11.3 Å². The maximum absolute atomic E-state index is 13.0.